The number of nitrogens with two attached hydrogens (primary N) is 1. The zero-order valence-corrected chi connectivity index (χ0v) is 11.9. The Hall–Kier alpha value is -0.510. The number of hydrogen-bond acceptors (Lipinski definition) is 3. The first-order chi connectivity index (χ1) is 8.19. The molecule has 0 radical (unpaired) electrons. The fraction of sp³-hybridized carbons (Fsp3) is 0.571. The summed E-state index contributed by atoms with van der Waals surface area (Å²) in [5.74, 6) is 6.45. The minimum Gasteiger partial charge on any atom is -0.271 e. The Morgan fingerprint density at radius 2 is 1.94 bits per heavy atom. The van der Waals surface area contributed by atoms with Crippen molar-refractivity contribution in [2.24, 2.45) is 11.8 Å². The lowest BCUT2D eigenvalue weighted by atomic mass is 9.98. The second-order valence-corrected chi connectivity index (χ2v) is 5.63. The molecule has 3 N–H and O–H groups in total. The Morgan fingerprint density at radius 3 is 2.53 bits per heavy atom. The summed E-state index contributed by atoms with van der Waals surface area (Å²) in [7, 11) is 0. The lowest BCUT2D eigenvalue weighted by molar-refractivity contribution is 0.451. The van der Waals surface area contributed by atoms with E-state index in [2.05, 4.69) is 49.8 Å². The predicted molar refractivity (Wildman–Crippen MR) is 77.0 cm³/mol. The second-order valence-electron chi connectivity index (χ2n) is 4.79. The minimum atomic E-state index is 0.275. The highest BCUT2D eigenvalue weighted by Gasteiger charge is 2.13. The van der Waals surface area contributed by atoms with Crippen LogP contribution in [-0.4, -0.2) is 6.26 Å². The van der Waals surface area contributed by atoms with Crippen molar-refractivity contribution in [3.63, 3.8) is 0 Å². The molecular formula is C14H24N2S. The summed E-state index contributed by atoms with van der Waals surface area (Å²) in [6.45, 7) is 4.53. The van der Waals surface area contributed by atoms with Gasteiger partial charge >= 0.3 is 0 Å². The van der Waals surface area contributed by atoms with Gasteiger partial charge in [0, 0.05) is 10.9 Å². The van der Waals surface area contributed by atoms with Crippen LogP contribution >= 0.6 is 11.8 Å². The van der Waals surface area contributed by atoms with Gasteiger partial charge in [-0.25, -0.2) is 0 Å². The quantitative estimate of drug-likeness (QED) is 0.441. The van der Waals surface area contributed by atoms with Gasteiger partial charge in [0.15, 0.2) is 0 Å². The van der Waals surface area contributed by atoms with Crippen LogP contribution in [0.4, 0.5) is 0 Å². The zero-order valence-electron chi connectivity index (χ0n) is 11.1. The molecule has 1 rings (SSSR count). The van der Waals surface area contributed by atoms with Crippen LogP contribution in [-0.2, 0) is 0 Å². The van der Waals surface area contributed by atoms with Crippen molar-refractivity contribution in [3.8, 4) is 0 Å². The summed E-state index contributed by atoms with van der Waals surface area (Å²) in [6, 6.07) is 8.77. The summed E-state index contributed by atoms with van der Waals surface area (Å²) in [6.07, 6.45) is 5.70. The van der Waals surface area contributed by atoms with Crippen LogP contribution in [0.1, 0.15) is 44.7 Å². The molecule has 0 amide bonds. The molecule has 0 heterocycles. The highest BCUT2D eigenvalue weighted by molar-refractivity contribution is 7.98. The van der Waals surface area contributed by atoms with Gasteiger partial charge < -0.3 is 0 Å². The van der Waals surface area contributed by atoms with Gasteiger partial charge in [0.25, 0.3) is 0 Å². The third kappa shape index (κ3) is 4.70. The summed E-state index contributed by atoms with van der Waals surface area (Å²) < 4.78 is 0. The molecule has 1 aromatic rings. The normalized spacial score (nSPS) is 13.0. The van der Waals surface area contributed by atoms with E-state index in [0.717, 1.165) is 12.3 Å². The fourth-order valence-electron chi connectivity index (χ4n) is 2.01. The summed E-state index contributed by atoms with van der Waals surface area (Å²) in [5.41, 5.74) is 4.28. The largest absolute Gasteiger partial charge is 0.271 e. The van der Waals surface area contributed by atoms with Crippen LogP contribution in [0.5, 0.6) is 0 Å². The topological polar surface area (TPSA) is 38.0 Å². The van der Waals surface area contributed by atoms with Gasteiger partial charge in [-0.2, -0.15) is 0 Å². The van der Waals surface area contributed by atoms with Crippen LogP contribution in [0.15, 0.2) is 29.2 Å². The van der Waals surface area contributed by atoms with Gasteiger partial charge in [-0.1, -0.05) is 44.9 Å². The number of hydrogen-bond donors (Lipinski definition) is 2. The van der Waals surface area contributed by atoms with Crippen LogP contribution in [0.2, 0.25) is 0 Å². The number of benzene rings is 1. The maximum Gasteiger partial charge on any atom is 0.0471 e. The number of thioether (sulfide) groups is 1. The molecule has 2 nitrogen and oxygen atoms in total. The highest BCUT2D eigenvalue weighted by Crippen LogP contribution is 2.28. The molecule has 96 valence electrons. The Balaban J connectivity index is 2.65. The first-order valence-corrected chi connectivity index (χ1v) is 7.50. The van der Waals surface area contributed by atoms with E-state index in [-0.39, 0.29) is 6.04 Å². The van der Waals surface area contributed by atoms with E-state index in [1.165, 1.54) is 23.3 Å². The van der Waals surface area contributed by atoms with Gasteiger partial charge in [0.2, 0.25) is 0 Å². The minimum absolute atomic E-state index is 0.275. The molecule has 0 saturated heterocycles. The van der Waals surface area contributed by atoms with Crippen molar-refractivity contribution in [1.82, 2.24) is 5.43 Å². The van der Waals surface area contributed by atoms with Gasteiger partial charge in [0.05, 0.1) is 0 Å². The Bertz CT molecular complexity index is 326. The molecule has 0 saturated carbocycles. The van der Waals surface area contributed by atoms with E-state index < -0.39 is 0 Å². The summed E-state index contributed by atoms with van der Waals surface area (Å²) in [4.78, 5) is 1.32. The van der Waals surface area contributed by atoms with E-state index in [1.54, 1.807) is 11.8 Å². The Labute approximate surface area is 109 Å². The van der Waals surface area contributed by atoms with Crippen LogP contribution < -0.4 is 11.3 Å². The average Bonchev–Trinajstić information content (AvgIpc) is 2.34. The van der Waals surface area contributed by atoms with E-state index >= 15 is 0 Å². The van der Waals surface area contributed by atoms with Gasteiger partial charge in [-0.15, -0.1) is 11.8 Å². The van der Waals surface area contributed by atoms with Crippen molar-refractivity contribution in [2.45, 2.75) is 44.0 Å². The molecule has 0 aromatic heterocycles. The first kappa shape index (κ1) is 14.6. The van der Waals surface area contributed by atoms with Gasteiger partial charge in [-0.05, 0) is 30.2 Å². The van der Waals surface area contributed by atoms with Crippen molar-refractivity contribution in [2.75, 3.05) is 6.26 Å². The number of hydrazine groups is 1. The van der Waals surface area contributed by atoms with E-state index in [4.69, 9.17) is 5.84 Å². The SMILES string of the molecule is CSc1ccccc1C(CCCC(C)C)NN. The molecule has 0 aliphatic carbocycles. The lowest BCUT2D eigenvalue weighted by Crippen LogP contribution is -2.28. The Kier molecular flexibility index (Phi) is 6.63. The van der Waals surface area contributed by atoms with E-state index in [1.807, 2.05) is 0 Å². The number of rotatable bonds is 7. The maximum atomic E-state index is 5.69. The highest BCUT2D eigenvalue weighted by atomic mass is 32.2. The predicted octanol–water partition coefficient (Wildman–Crippen LogP) is 3.74. The number of nitrogens with one attached hydrogen (secondary N) is 1. The third-order valence-electron chi connectivity index (χ3n) is 2.99. The fourth-order valence-corrected chi connectivity index (χ4v) is 2.67. The average molecular weight is 252 g/mol. The molecule has 1 atom stereocenters. The van der Waals surface area contributed by atoms with Crippen LogP contribution in [0.3, 0.4) is 0 Å². The maximum absolute atomic E-state index is 5.69. The smallest absolute Gasteiger partial charge is 0.0471 e. The molecule has 0 fully saturated rings. The van der Waals surface area contributed by atoms with Crippen molar-refractivity contribution in [1.29, 1.82) is 0 Å². The third-order valence-corrected chi connectivity index (χ3v) is 3.80. The molecule has 0 aliphatic rings. The lowest BCUT2D eigenvalue weighted by Gasteiger charge is -2.19. The molecule has 3 heteroatoms. The van der Waals surface area contributed by atoms with Gasteiger partial charge in [0.1, 0.15) is 0 Å². The van der Waals surface area contributed by atoms with Gasteiger partial charge in [-0.3, -0.25) is 11.3 Å². The van der Waals surface area contributed by atoms with Crippen LogP contribution in [0, 0.1) is 5.92 Å². The molecular weight excluding hydrogens is 228 g/mol. The van der Waals surface area contributed by atoms with E-state index in [9.17, 15) is 0 Å². The van der Waals surface area contributed by atoms with E-state index in [0.29, 0.717) is 0 Å². The molecule has 1 aromatic carbocycles. The first-order valence-electron chi connectivity index (χ1n) is 6.28. The van der Waals surface area contributed by atoms with Crippen molar-refractivity contribution < 1.29 is 0 Å². The molecule has 17 heavy (non-hydrogen) atoms. The summed E-state index contributed by atoms with van der Waals surface area (Å²) in [5, 5.41) is 0. The standard InChI is InChI=1S/C14H24N2S/c1-11(2)7-6-9-13(16-15)12-8-4-5-10-14(12)17-3/h4-5,8,10-11,13,16H,6-7,9,15H2,1-3H3. The second kappa shape index (κ2) is 7.75. The van der Waals surface area contributed by atoms with Crippen LogP contribution in [0.25, 0.3) is 0 Å². The monoisotopic (exact) mass is 252 g/mol. The zero-order chi connectivity index (χ0) is 12.7. The Morgan fingerprint density at radius 1 is 1.24 bits per heavy atom. The molecule has 1 unspecified atom stereocenters. The van der Waals surface area contributed by atoms with Crippen molar-refractivity contribution >= 4 is 11.8 Å². The summed E-state index contributed by atoms with van der Waals surface area (Å²) >= 11 is 1.78. The van der Waals surface area contributed by atoms with Crippen molar-refractivity contribution in [3.05, 3.63) is 29.8 Å². The molecule has 0 bridgehead atoms. The molecule has 0 spiro atoms. The molecule has 0 aliphatic heterocycles.